The number of halogens is 1. The maximum Gasteiger partial charge on any atom is 0.313 e. The third kappa shape index (κ3) is 1.05. The summed E-state index contributed by atoms with van der Waals surface area (Å²) < 4.78 is 17.7. The molecule has 5 aliphatic rings. The molecule has 126 valence electrons. The van der Waals surface area contributed by atoms with Crippen LogP contribution in [-0.2, 0) is 23.8 Å². The molecule has 0 aromatic rings. The Balaban J connectivity index is 1.86. The highest BCUT2D eigenvalue weighted by Gasteiger charge is 2.93. The van der Waals surface area contributed by atoms with Crippen LogP contribution in [0.4, 0.5) is 0 Å². The molecular formula is C17H21ClO5. The Bertz CT molecular complexity index is 661. The fourth-order valence-corrected chi connectivity index (χ4v) is 7.14. The lowest BCUT2D eigenvalue weighted by atomic mass is 9.48. The molecule has 3 heterocycles. The van der Waals surface area contributed by atoms with E-state index in [0.717, 1.165) is 12.8 Å². The van der Waals surface area contributed by atoms with Gasteiger partial charge in [-0.25, -0.2) is 0 Å². The van der Waals surface area contributed by atoms with Gasteiger partial charge in [-0.3, -0.25) is 14.3 Å². The van der Waals surface area contributed by atoms with Gasteiger partial charge in [-0.05, 0) is 24.2 Å². The average molecular weight is 341 g/mol. The van der Waals surface area contributed by atoms with Gasteiger partial charge in [0.15, 0.2) is 0 Å². The summed E-state index contributed by atoms with van der Waals surface area (Å²) in [5.41, 5.74) is -1.45. The van der Waals surface area contributed by atoms with Crippen LogP contribution in [0.3, 0.4) is 0 Å². The van der Waals surface area contributed by atoms with Gasteiger partial charge in [0.2, 0.25) is 12.1 Å². The van der Waals surface area contributed by atoms with Crippen molar-refractivity contribution in [3.05, 3.63) is 0 Å². The second kappa shape index (κ2) is 3.57. The van der Waals surface area contributed by atoms with Crippen LogP contribution in [0, 0.1) is 34.0 Å². The zero-order chi connectivity index (χ0) is 16.6. The molecule has 0 aromatic carbocycles. The van der Waals surface area contributed by atoms with E-state index in [9.17, 15) is 9.59 Å². The van der Waals surface area contributed by atoms with Crippen LogP contribution in [0.25, 0.3) is 0 Å². The number of fused-ring (bicyclic) bond motifs is 1. The minimum absolute atomic E-state index is 0.170. The second-order valence-corrected chi connectivity index (χ2v) is 9.20. The molecule has 3 saturated heterocycles. The van der Waals surface area contributed by atoms with Gasteiger partial charge < -0.3 is 9.47 Å². The summed E-state index contributed by atoms with van der Waals surface area (Å²) >= 11 is 6.78. The zero-order valence-electron chi connectivity index (χ0n) is 13.7. The SMILES string of the molecule is C[C@@H]1CC[C@]23[C@@H]4C(=O)O[C@]2(O[C@H]2OC(=O)[C@@H]4[C@@]2(C)C3(C)C)[C@H]1Cl. The van der Waals surface area contributed by atoms with E-state index in [1.807, 2.05) is 6.92 Å². The van der Waals surface area contributed by atoms with E-state index < -0.39 is 40.1 Å². The molecule has 2 bridgehead atoms. The number of esters is 2. The Kier molecular flexibility index (Phi) is 2.25. The smallest absolute Gasteiger partial charge is 0.313 e. The summed E-state index contributed by atoms with van der Waals surface area (Å²) in [5, 5.41) is -0.438. The number of hydrogen-bond acceptors (Lipinski definition) is 5. The second-order valence-electron chi connectivity index (χ2n) is 8.73. The molecule has 0 amide bonds. The third-order valence-corrected chi connectivity index (χ3v) is 8.92. The van der Waals surface area contributed by atoms with E-state index in [0.29, 0.717) is 0 Å². The maximum atomic E-state index is 12.8. The van der Waals surface area contributed by atoms with E-state index in [1.165, 1.54) is 0 Å². The fraction of sp³-hybridized carbons (Fsp3) is 0.882. The van der Waals surface area contributed by atoms with Gasteiger partial charge in [-0.1, -0.05) is 27.7 Å². The van der Waals surface area contributed by atoms with Crippen molar-refractivity contribution in [1.82, 2.24) is 0 Å². The summed E-state index contributed by atoms with van der Waals surface area (Å²) in [7, 11) is 0. The average Bonchev–Trinajstić information content (AvgIpc) is 2.91. The van der Waals surface area contributed by atoms with Crippen LogP contribution in [0.2, 0.25) is 0 Å². The minimum Gasteiger partial charge on any atom is -0.435 e. The van der Waals surface area contributed by atoms with Crippen molar-refractivity contribution in [3.63, 3.8) is 0 Å². The van der Waals surface area contributed by atoms with Crippen molar-refractivity contribution < 1.29 is 23.8 Å². The van der Waals surface area contributed by atoms with E-state index in [-0.39, 0.29) is 23.3 Å². The quantitative estimate of drug-likeness (QED) is 0.500. The van der Waals surface area contributed by atoms with Crippen molar-refractivity contribution in [1.29, 1.82) is 0 Å². The number of carbonyl (C=O) groups is 2. The molecule has 2 aliphatic carbocycles. The topological polar surface area (TPSA) is 61.8 Å². The van der Waals surface area contributed by atoms with Crippen molar-refractivity contribution in [3.8, 4) is 0 Å². The first kappa shape index (κ1) is 14.5. The van der Waals surface area contributed by atoms with E-state index in [2.05, 4.69) is 20.8 Å². The minimum atomic E-state index is -1.18. The largest absolute Gasteiger partial charge is 0.435 e. The number of hydrogen-bond donors (Lipinski definition) is 0. The van der Waals surface area contributed by atoms with Gasteiger partial charge in [0.1, 0.15) is 5.38 Å². The van der Waals surface area contributed by atoms with Crippen molar-refractivity contribution >= 4 is 23.5 Å². The number of carbonyl (C=O) groups excluding carboxylic acids is 2. The van der Waals surface area contributed by atoms with E-state index in [1.54, 1.807) is 0 Å². The van der Waals surface area contributed by atoms with Crippen LogP contribution < -0.4 is 0 Å². The Hall–Kier alpha value is -0.810. The molecule has 5 fully saturated rings. The molecule has 0 N–H and O–H groups in total. The molecule has 0 aromatic heterocycles. The van der Waals surface area contributed by atoms with Crippen LogP contribution in [0.5, 0.6) is 0 Å². The van der Waals surface area contributed by atoms with E-state index in [4.69, 9.17) is 25.8 Å². The molecule has 0 unspecified atom stereocenters. The lowest BCUT2D eigenvalue weighted by Crippen LogP contribution is -2.71. The molecule has 3 aliphatic heterocycles. The Morgan fingerprint density at radius 1 is 1.13 bits per heavy atom. The Morgan fingerprint density at radius 2 is 1.83 bits per heavy atom. The normalized spacial score (nSPS) is 61.2. The van der Waals surface area contributed by atoms with E-state index >= 15 is 0 Å². The molecule has 8 atom stereocenters. The molecule has 2 saturated carbocycles. The van der Waals surface area contributed by atoms with Crippen molar-refractivity contribution in [2.45, 2.75) is 58.0 Å². The summed E-state index contributed by atoms with van der Waals surface area (Å²) in [5.74, 6) is -2.71. The summed E-state index contributed by atoms with van der Waals surface area (Å²) in [6.45, 7) is 8.35. The predicted molar refractivity (Wildman–Crippen MR) is 79.1 cm³/mol. The van der Waals surface area contributed by atoms with Gasteiger partial charge in [-0.2, -0.15) is 0 Å². The standard InChI is InChI=1S/C17H21ClO5/c1-7-5-6-16-9-8-11(19)21-13(15(8,4)14(16,2)3)23-17(16,10(7)18)22-12(9)20/h7-10,13H,5-6H2,1-4H3/t7-,8-,9+,10+,13-,15-,16-,17+/m1/s1. The fourth-order valence-electron chi connectivity index (χ4n) is 6.73. The molecule has 5 rings (SSSR count). The van der Waals surface area contributed by atoms with Gasteiger partial charge in [0.25, 0.3) is 0 Å². The number of rotatable bonds is 0. The van der Waals surface area contributed by atoms with Crippen LogP contribution in [-0.4, -0.2) is 29.4 Å². The van der Waals surface area contributed by atoms with Gasteiger partial charge in [-0.15, -0.1) is 11.6 Å². The lowest BCUT2D eigenvalue weighted by Gasteiger charge is -2.63. The summed E-state index contributed by atoms with van der Waals surface area (Å²) in [6.07, 6.45) is 0.985. The summed E-state index contributed by atoms with van der Waals surface area (Å²) in [6, 6.07) is 0. The number of ether oxygens (including phenoxy) is 3. The van der Waals surface area contributed by atoms with Crippen LogP contribution in [0.1, 0.15) is 40.5 Å². The van der Waals surface area contributed by atoms with Gasteiger partial charge in [0.05, 0.1) is 22.7 Å². The predicted octanol–water partition coefficient (Wildman–Crippen LogP) is 2.45. The van der Waals surface area contributed by atoms with Gasteiger partial charge in [0, 0.05) is 0 Å². The maximum absolute atomic E-state index is 12.8. The number of alkyl halides is 1. The molecule has 1 spiro atoms. The van der Waals surface area contributed by atoms with Crippen LogP contribution >= 0.6 is 11.6 Å². The monoisotopic (exact) mass is 340 g/mol. The lowest BCUT2D eigenvalue weighted by molar-refractivity contribution is -0.398. The van der Waals surface area contributed by atoms with Gasteiger partial charge >= 0.3 is 11.9 Å². The third-order valence-electron chi connectivity index (χ3n) is 8.21. The van der Waals surface area contributed by atoms with Crippen LogP contribution in [0.15, 0.2) is 0 Å². The highest BCUT2D eigenvalue weighted by molar-refractivity contribution is 6.22. The Morgan fingerprint density at radius 3 is 2.52 bits per heavy atom. The molecule has 5 nitrogen and oxygen atoms in total. The molecule has 0 radical (unpaired) electrons. The Labute approximate surface area is 140 Å². The highest BCUT2D eigenvalue weighted by Crippen LogP contribution is 2.84. The summed E-state index contributed by atoms with van der Waals surface area (Å²) in [4.78, 5) is 25.4. The first-order chi connectivity index (χ1) is 10.6. The first-order valence-corrected chi connectivity index (χ1v) is 8.84. The van der Waals surface area contributed by atoms with Crippen molar-refractivity contribution in [2.75, 3.05) is 0 Å². The molecule has 6 heteroatoms. The highest BCUT2D eigenvalue weighted by atomic mass is 35.5. The first-order valence-electron chi connectivity index (χ1n) is 8.40. The molecule has 23 heavy (non-hydrogen) atoms. The zero-order valence-corrected chi connectivity index (χ0v) is 14.5. The van der Waals surface area contributed by atoms with Crippen molar-refractivity contribution in [2.24, 2.45) is 34.0 Å². The molecular weight excluding hydrogens is 320 g/mol.